The van der Waals surface area contributed by atoms with Crippen molar-refractivity contribution in [2.24, 2.45) is 0 Å². The molecule has 0 saturated carbocycles. The van der Waals surface area contributed by atoms with Crippen molar-refractivity contribution in [3.63, 3.8) is 0 Å². The molecule has 0 fully saturated rings. The van der Waals surface area contributed by atoms with Crippen LogP contribution in [0.4, 0.5) is 10.1 Å². The molecule has 0 spiro atoms. The van der Waals surface area contributed by atoms with Gasteiger partial charge in [-0.25, -0.2) is 8.48 Å². The molecule has 0 aliphatic carbocycles. The smallest absolute Gasteiger partial charge is 0.167 e. The number of anilines is 1. The second-order valence-electron chi connectivity index (χ2n) is 4.68. The fourth-order valence-corrected chi connectivity index (χ4v) is 2.75. The van der Waals surface area contributed by atoms with Gasteiger partial charge in [-0.2, -0.15) is 0 Å². The molecule has 3 N–H and O–H groups in total. The first-order valence-electron chi connectivity index (χ1n) is 6.92. The molecule has 7 heteroatoms. The van der Waals surface area contributed by atoms with E-state index in [2.05, 4.69) is 10.1 Å². The van der Waals surface area contributed by atoms with Crippen molar-refractivity contribution in [3.05, 3.63) is 60.4 Å². The molecule has 0 saturated heterocycles. The molecule has 0 aliphatic rings. The number of hydrogen-bond acceptors (Lipinski definition) is 4. The van der Waals surface area contributed by atoms with Crippen molar-refractivity contribution in [2.75, 3.05) is 5.73 Å². The highest BCUT2D eigenvalue weighted by Crippen LogP contribution is 2.36. The van der Waals surface area contributed by atoms with Gasteiger partial charge in [0, 0.05) is 42.2 Å². The minimum absolute atomic E-state index is 0.116. The Labute approximate surface area is 137 Å². The van der Waals surface area contributed by atoms with Gasteiger partial charge < -0.3 is 10.5 Å². The van der Waals surface area contributed by atoms with Gasteiger partial charge >= 0.3 is 0 Å². The average Bonchev–Trinajstić information content (AvgIpc) is 2.48. The Hall–Kier alpha value is -2.67. The molecule has 0 bridgehead atoms. The van der Waals surface area contributed by atoms with Crippen molar-refractivity contribution < 1.29 is 9.13 Å². The summed E-state index contributed by atoms with van der Waals surface area (Å²) in [6.45, 7) is 1.91. The average molecular weight is 330 g/mol. The molecule has 0 atom stereocenters. The third kappa shape index (κ3) is 3.40. The first kappa shape index (κ1) is 15.2. The SMILES string of the molecule is C/C=C/c1nccc(Oc2ccc(N)cc2F)c1Sn1cc[nH]1. The van der Waals surface area contributed by atoms with Gasteiger partial charge in [-0.15, -0.1) is 0 Å². The number of pyridine rings is 1. The molecule has 0 radical (unpaired) electrons. The molecule has 23 heavy (non-hydrogen) atoms. The second kappa shape index (κ2) is 6.62. The number of nitrogens with zero attached hydrogens (tertiary/aromatic N) is 2. The topological polar surface area (TPSA) is 68.9 Å². The zero-order valence-electron chi connectivity index (χ0n) is 12.4. The number of allylic oxidation sites excluding steroid dienone is 1. The van der Waals surface area contributed by atoms with E-state index >= 15 is 0 Å². The molecule has 1 aromatic carbocycles. The van der Waals surface area contributed by atoms with Gasteiger partial charge in [0.05, 0.1) is 16.8 Å². The van der Waals surface area contributed by atoms with Gasteiger partial charge in [-0.05, 0) is 25.1 Å². The van der Waals surface area contributed by atoms with E-state index in [-0.39, 0.29) is 5.75 Å². The standard InChI is InChI=1S/C16H15FN4OS/c1-2-3-13-16(23-21-9-8-20-21)15(6-7-19-13)22-14-5-4-11(18)10-12(14)17/h2-10,20H,18H2,1H3/b3-2+. The van der Waals surface area contributed by atoms with Crippen LogP contribution in [0.3, 0.4) is 0 Å². The predicted octanol–water partition coefficient (Wildman–Crippen LogP) is 4.31. The van der Waals surface area contributed by atoms with Crippen molar-refractivity contribution >= 4 is 23.7 Å². The van der Waals surface area contributed by atoms with Gasteiger partial charge in [0.15, 0.2) is 11.6 Å². The quantitative estimate of drug-likeness (QED) is 0.684. The fraction of sp³-hybridized carbons (Fsp3) is 0.0625. The minimum atomic E-state index is -0.507. The maximum Gasteiger partial charge on any atom is 0.167 e. The first-order valence-corrected chi connectivity index (χ1v) is 7.69. The van der Waals surface area contributed by atoms with E-state index in [9.17, 15) is 4.39 Å². The summed E-state index contributed by atoms with van der Waals surface area (Å²) in [6.07, 6.45) is 9.06. The number of benzene rings is 1. The molecule has 3 rings (SSSR count). The second-order valence-corrected chi connectivity index (χ2v) is 5.66. The van der Waals surface area contributed by atoms with Crippen LogP contribution < -0.4 is 10.5 Å². The number of ether oxygens (including phenoxy) is 1. The first-order chi connectivity index (χ1) is 11.2. The summed E-state index contributed by atoms with van der Waals surface area (Å²) in [5, 5.41) is 2.99. The monoisotopic (exact) mass is 330 g/mol. The number of aromatic amines is 1. The molecule has 118 valence electrons. The van der Waals surface area contributed by atoms with E-state index in [1.54, 1.807) is 28.6 Å². The van der Waals surface area contributed by atoms with Crippen molar-refractivity contribution in [3.8, 4) is 11.5 Å². The Morgan fingerprint density at radius 3 is 2.83 bits per heavy atom. The van der Waals surface area contributed by atoms with Crippen LogP contribution in [0.25, 0.3) is 6.08 Å². The van der Waals surface area contributed by atoms with E-state index < -0.39 is 5.82 Å². The van der Waals surface area contributed by atoms with Crippen LogP contribution in [-0.4, -0.2) is 14.2 Å². The lowest BCUT2D eigenvalue weighted by molar-refractivity contribution is 0.432. The Balaban J connectivity index is 1.99. The van der Waals surface area contributed by atoms with E-state index in [0.717, 1.165) is 10.6 Å². The molecule has 2 heterocycles. The highest BCUT2D eigenvalue weighted by molar-refractivity contribution is 7.97. The summed E-state index contributed by atoms with van der Waals surface area (Å²) in [5.41, 5.74) is 6.66. The van der Waals surface area contributed by atoms with E-state index in [0.29, 0.717) is 11.4 Å². The third-order valence-corrected chi connectivity index (χ3v) is 4.01. The maximum atomic E-state index is 14.0. The molecule has 2 aromatic heterocycles. The summed E-state index contributed by atoms with van der Waals surface area (Å²) < 4.78 is 21.5. The Bertz CT molecular complexity index is 831. The lowest BCUT2D eigenvalue weighted by Crippen LogP contribution is -2.01. The highest BCUT2D eigenvalue weighted by Gasteiger charge is 2.14. The highest BCUT2D eigenvalue weighted by atomic mass is 32.2. The lowest BCUT2D eigenvalue weighted by Gasteiger charge is -2.15. The zero-order valence-corrected chi connectivity index (χ0v) is 13.2. The van der Waals surface area contributed by atoms with Crippen molar-refractivity contribution in [1.82, 2.24) is 14.2 Å². The van der Waals surface area contributed by atoms with Crippen LogP contribution in [0.2, 0.25) is 0 Å². The molecular weight excluding hydrogens is 315 g/mol. The number of rotatable bonds is 5. The van der Waals surface area contributed by atoms with E-state index in [1.807, 2.05) is 25.3 Å². The minimum Gasteiger partial charge on any atom is -0.453 e. The fourth-order valence-electron chi connectivity index (χ4n) is 1.90. The largest absolute Gasteiger partial charge is 0.453 e. The molecule has 5 nitrogen and oxygen atoms in total. The number of halogens is 1. The van der Waals surface area contributed by atoms with Crippen LogP contribution in [0.5, 0.6) is 11.5 Å². The van der Waals surface area contributed by atoms with Crippen LogP contribution in [0, 0.1) is 5.82 Å². The van der Waals surface area contributed by atoms with Gasteiger partial charge in [0.1, 0.15) is 5.75 Å². The lowest BCUT2D eigenvalue weighted by atomic mass is 10.3. The Morgan fingerprint density at radius 1 is 1.35 bits per heavy atom. The summed E-state index contributed by atoms with van der Waals surface area (Å²) in [7, 11) is 0. The van der Waals surface area contributed by atoms with Gasteiger partial charge in [0.25, 0.3) is 0 Å². The summed E-state index contributed by atoms with van der Waals surface area (Å²) in [4.78, 5) is 5.12. The summed E-state index contributed by atoms with van der Waals surface area (Å²) >= 11 is 1.40. The summed E-state index contributed by atoms with van der Waals surface area (Å²) in [5.74, 6) is 0.127. The van der Waals surface area contributed by atoms with Gasteiger partial charge in [-0.1, -0.05) is 6.08 Å². The number of nitrogen functional groups attached to an aromatic ring is 1. The maximum absolute atomic E-state index is 14.0. The Kier molecular flexibility index (Phi) is 4.38. The van der Waals surface area contributed by atoms with Gasteiger partial charge in [-0.3, -0.25) is 10.1 Å². The van der Waals surface area contributed by atoms with Crippen LogP contribution in [0.15, 0.2) is 53.8 Å². The molecule has 3 aromatic rings. The number of hydrogen-bond donors (Lipinski definition) is 2. The Morgan fingerprint density at radius 2 is 2.17 bits per heavy atom. The molecule has 0 amide bonds. The van der Waals surface area contributed by atoms with E-state index in [4.69, 9.17) is 10.5 Å². The summed E-state index contributed by atoms with van der Waals surface area (Å²) in [6, 6.07) is 6.04. The predicted molar refractivity (Wildman–Crippen MR) is 89.9 cm³/mol. The normalized spacial score (nSPS) is 11.2. The third-order valence-electron chi connectivity index (χ3n) is 3.00. The zero-order chi connectivity index (χ0) is 16.2. The molecule has 0 unspecified atom stereocenters. The van der Waals surface area contributed by atoms with E-state index in [1.165, 1.54) is 24.1 Å². The molecular formula is C16H15FN4OS. The van der Waals surface area contributed by atoms with Gasteiger partial charge in [0.2, 0.25) is 0 Å². The number of H-pyrrole nitrogens is 1. The number of aromatic nitrogens is 3. The molecule has 0 aliphatic heterocycles. The van der Waals surface area contributed by atoms with Crippen molar-refractivity contribution in [2.45, 2.75) is 11.8 Å². The van der Waals surface area contributed by atoms with Crippen LogP contribution in [0.1, 0.15) is 12.6 Å². The number of nitrogens with two attached hydrogens (primary N) is 1. The number of nitrogens with one attached hydrogen (secondary N) is 1. The van der Waals surface area contributed by atoms with Crippen molar-refractivity contribution in [1.29, 1.82) is 0 Å². The van der Waals surface area contributed by atoms with Crippen LogP contribution in [-0.2, 0) is 0 Å². The van der Waals surface area contributed by atoms with Crippen LogP contribution >= 0.6 is 11.9 Å².